The third-order valence-electron chi connectivity index (χ3n) is 1.59. The second-order valence-electron chi connectivity index (χ2n) is 2.63. The molecule has 1 rings (SSSR count). The third-order valence-corrected chi connectivity index (χ3v) is 1.59. The smallest absolute Gasteiger partial charge is 0.214 e. The van der Waals surface area contributed by atoms with E-state index in [1.807, 2.05) is 0 Å². The zero-order valence-corrected chi connectivity index (χ0v) is 8.08. The highest BCUT2D eigenvalue weighted by Gasteiger charge is 1.99. The number of anilines is 1. The summed E-state index contributed by atoms with van der Waals surface area (Å²) in [6, 6.07) is 3.42. The van der Waals surface area contributed by atoms with Gasteiger partial charge in [0.25, 0.3) is 0 Å². The van der Waals surface area contributed by atoms with Crippen molar-refractivity contribution in [2.45, 2.75) is 6.42 Å². The van der Waals surface area contributed by atoms with E-state index in [0.717, 1.165) is 0 Å². The topological polar surface area (TPSA) is 74.2 Å². The minimum absolute atomic E-state index is 0.510. The van der Waals surface area contributed by atoms with Gasteiger partial charge in [0.05, 0.1) is 12.8 Å². The molecule has 0 aromatic carbocycles. The van der Waals surface area contributed by atoms with Crippen LogP contribution < -0.4 is 16.2 Å². The van der Waals surface area contributed by atoms with Gasteiger partial charge in [-0.1, -0.05) is 5.92 Å². The van der Waals surface area contributed by atoms with Gasteiger partial charge in [0, 0.05) is 19.0 Å². The second kappa shape index (κ2) is 5.10. The van der Waals surface area contributed by atoms with E-state index in [4.69, 9.17) is 16.2 Å². The largest absolute Gasteiger partial charge is 0.481 e. The number of nitrogen functional groups attached to an aromatic ring is 1. The molecular formula is C10H13N3O. The highest BCUT2D eigenvalue weighted by atomic mass is 16.5. The molecule has 0 amide bonds. The maximum Gasteiger partial charge on any atom is 0.214 e. The Morgan fingerprint density at radius 3 is 2.93 bits per heavy atom. The quantitative estimate of drug-likeness (QED) is 0.662. The molecule has 0 spiro atoms. The predicted molar refractivity (Wildman–Crippen MR) is 55.8 cm³/mol. The first-order valence-corrected chi connectivity index (χ1v) is 4.27. The molecule has 1 heterocycles. The molecule has 0 saturated heterocycles. The normalized spacial score (nSPS) is 9.00. The van der Waals surface area contributed by atoms with Crippen molar-refractivity contribution < 1.29 is 4.74 Å². The van der Waals surface area contributed by atoms with Crippen LogP contribution in [0.15, 0.2) is 12.1 Å². The van der Waals surface area contributed by atoms with Crippen LogP contribution in [0, 0.1) is 11.8 Å². The molecule has 0 aliphatic carbocycles. The van der Waals surface area contributed by atoms with Crippen LogP contribution in [0.2, 0.25) is 0 Å². The number of methoxy groups -OCH3 is 1. The van der Waals surface area contributed by atoms with E-state index < -0.39 is 0 Å². The van der Waals surface area contributed by atoms with Crippen molar-refractivity contribution in [2.75, 3.05) is 19.4 Å². The highest BCUT2D eigenvalue weighted by Crippen LogP contribution is 2.13. The number of nitrogens with two attached hydrogens (primary N) is 2. The van der Waals surface area contributed by atoms with E-state index in [-0.39, 0.29) is 0 Å². The molecule has 0 radical (unpaired) electrons. The van der Waals surface area contributed by atoms with E-state index >= 15 is 0 Å². The summed E-state index contributed by atoms with van der Waals surface area (Å²) in [5.74, 6) is 6.22. The maximum atomic E-state index is 5.67. The van der Waals surface area contributed by atoms with Crippen molar-refractivity contribution in [2.24, 2.45) is 5.73 Å². The molecule has 4 nitrogen and oxygen atoms in total. The van der Waals surface area contributed by atoms with Crippen LogP contribution in [0.5, 0.6) is 5.88 Å². The number of hydrogen-bond donors (Lipinski definition) is 2. The lowest BCUT2D eigenvalue weighted by atomic mass is 10.3. The molecule has 4 N–H and O–H groups in total. The van der Waals surface area contributed by atoms with E-state index in [1.54, 1.807) is 19.2 Å². The van der Waals surface area contributed by atoms with Crippen molar-refractivity contribution in [3.8, 4) is 17.7 Å². The lowest BCUT2D eigenvalue weighted by molar-refractivity contribution is 0.397. The number of aromatic nitrogens is 1. The van der Waals surface area contributed by atoms with Crippen LogP contribution in [0.1, 0.15) is 12.1 Å². The van der Waals surface area contributed by atoms with Crippen LogP contribution in [0.25, 0.3) is 0 Å². The summed E-state index contributed by atoms with van der Waals surface area (Å²) in [5, 5.41) is 0. The minimum Gasteiger partial charge on any atom is -0.481 e. The summed E-state index contributed by atoms with van der Waals surface area (Å²) < 4.78 is 4.96. The number of ether oxygens (including phenoxy) is 1. The monoisotopic (exact) mass is 191 g/mol. The standard InChI is InChI=1S/C10H13N3O/c1-14-10-6-5-8(12)9(13-10)4-2-3-7-11/h5-6H,3,7,11-12H2,1H3. The Morgan fingerprint density at radius 2 is 2.29 bits per heavy atom. The number of nitrogens with zero attached hydrogens (tertiary/aromatic N) is 1. The summed E-state index contributed by atoms with van der Waals surface area (Å²) in [4.78, 5) is 4.10. The molecule has 0 unspecified atom stereocenters. The molecule has 0 saturated carbocycles. The molecule has 4 heteroatoms. The Kier molecular flexibility index (Phi) is 3.77. The number of hydrogen-bond acceptors (Lipinski definition) is 4. The molecular weight excluding hydrogens is 178 g/mol. The summed E-state index contributed by atoms with van der Waals surface area (Å²) in [5.41, 5.74) is 12.1. The van der Waals surface area contributed by atoms with Crippen molar-refractivity contribution in [3.63, 3.8) is 0 Å². The van der Waals surface area contributed by atoms with Gasteiger partial charge in [-0.05, 0) is 12.0 Å². The van der Waals surface area contributed by atoms with Gasteiger partial charge in [0.2, 0.25) is 5.88 Å². The van der Waals surface area contributed by atoms with Gasteiger partial charge in [0.15, 0.2) is 0 Å². The van der Waals surface area contributed by atoms with Crippen LogP contribution >= 0.6 is 0 Å². The van der Waals surface area contributed by atoms with Crippen molar-refractivity contribution >= 4 is 5.69 Å². The summed E-state index contributed by atoms with van der Waals surface area (Å²) >= 11 is 0. The number of rotatable bonds is 2. The Bertz CT molecular complexity index is 365. The van der Waals surface area contributed by atoms with Crippen LogP contribution in [0.4, 0.5) is 5.69 Å². The SMILES string of the molecule is COc1ccc(N)c(C#CCCN)n1. The Balaban J connectivity index is 2.91. The predicted octanol–water partition coefficient (Wildman–Crippen LogP) is 0.373. The molecule has 0 bridgehead atoms. The highest BCUT2D eigenvalue weighted by molar-refractivity contribution is 5.52. The van der Waals surface area contributed by atoms with Gasteiger partial charge < -0.3 is 16.2 Å². The zero-order chi connectivity index (χ0) is 10.4. The number of pyridine rings is 1. The van der Waals surface area contributed by atoms with Crippen molar-refractivity contribution in [1.29, 1.82) is 0 Å². The average molecular weight is 191 g/mol. The van der Waals surface area contributed by atoms with E-state index in [2.05, 4.69) is 16.8 Å². The second-order valence-corrected chi connectivity index (χ2v) is 2.63. The molecule has 1 aromatic rings. The molecule has 0 fully saturated rings. The Hall–Kier alpha value is -1.73. The van der Waals surface area contributed by atoms with E-state index in [9.17, 15) is 0 Å². The lowest BCUT2D eigenvalue weighted by Crippen LogP contribution is -1.98. The van der Waals surface area contributed by atoms with Gasteiger partial charge >= 0.3 is 0 Å². The first kappa shape index (κ1) is 10.4. The maximum absolute atomic E-state index is 5.67. The van der Waals surface area contributed by atoms with Gasteiger partial charge in [-0.2, -0.15) is 0 Å². The average Bonchev–Trinajstić information content (AvgIpc) is 2.21. The molecule has 0 atom stereocenters. The van der Waals surface area contributed by atoms with Crippen LogP contribution in [-0.2, 0) is 0 Å². The van der Waals surface area contributed by atoms with Gasteiger partial charge in [-0.25, -0.2) is 4.98 Å². The van der Waals surface area contributed by atoms with E-state index in [1.165, 1.54) is 0 Å². The Morgan fingerprint density at radius 1 is 1.50 bits per heavy atom. The van der Waals surface area contributed by atoms with Crippen molar-refractivity contribution in [1.82, 2.24) is 4.98 Å². The van der Waals surface area contributed by atoms with Crippen LogP contribution in [-0.4, -0.2) is 18.6 Å². The third kappa shape index (κ3) is 2.64. The summed E-state index contributed by atoms with van der Waals surface area (Å²) in [6.07, 6.45) is 0.637. The molecule has 14 heavy (non-hydrogen) atoms. The fourth-order valence-electron chi connectivity index (χ4n) is 0.884. The van der Waals surface area contributed by atoms with Crippen molar-refractivity contribution in [3.05, 3.63) is 17.8 Å². The Labute approximate surface area is 83.3 Å². The van der Waals surface area contributed by atoms with Gasteiger partial charge in [0.1, 0.15) is 5.69 Å². The van der Waals surface area contributed by atoms with Crippen LogP contribution in [0.3, 0.4) is 0 Å². The molecule has 0 aliphatic heterocycles. The fourth-order valence-corrected chi connectivity index (χ4v) is 0.884. The zero-order valence-electron chi connectivity index (χ0n) is 8.08. The lowest BCUT2D eigenvalue weighted by Gasteiger charge is -2.00. The van der Waals surface area contributed by atoms with E-state index in [0.29, 0.717) is 30.2 Å². The molecule has 74 valence electrons. The minimum atomic E-state index is 0.510. The summed E-state index contributed by atoms with van der Waals surface area (Å²) in [7, 11) is 1.55. The van der Waals surface area contributed by atoms with Gasteiger partial charge in [-0.3, -0.25) is 0 Å². The molecule has 0 aliphatic rings. The fraction of sp³-hybridized carbons (Fsp3) is 0.300. The first-order chi connectivity index (χ1) is 6.77. The summed E-state index contributed by atoms with van der Waals surface area (Å²) in [6.45, 7) is 0.539. The first-order valence-electron chi connectivity index (χ1n) is 4.27. The molecule has 1 aromatic heterocycles. The van der Waals surface area contributed by atoms with Gasteiger partial charge in [-0.15, -0.1) is 0 Å².